The van der Waals surface area contributed by atoms with E-state index in [1.54, 1.807) is 7.11 Å². The number of hydrogen-bond donors (Lipinski definition) is 1. The van der Waals surface area contributed by atoms with Crippen LogP contribution in [0.5, 0.6) is 5.75 Å². The molecule has 1 aliphatic heterocycles. The van der Waals surface area contributed by atoms with Gasteiger partial charge in [-0.05, 0) is 55.7 Å². The number of likely N-dealkylation sites (tertiary alicyclic amines) is 1. The molecule has 1 aromatic rings. The van der Waals surface area contributed by atoms with E-state index < -0.39 is 0 Å². The van der Waals surface area contributed by atoms with Gasteiger partial charge in [0.05, 0.1) is 7.11 Å². The van der Waals surface area contributed by atoms with Crippen molar-refractivity contribution in [3.8, 4) is 5.75 Å². The monoisotopic (exact) mass is 384 g/mol. The Balaban J connectivity index is 1.36. The number of nitrogens with zero attached hydrogens (tertiary/aromatic N) is 1. The summed E-state index contributed by atoms with van der Waals surface area (Å²) in [6, 6.07) is 9.18. The molecule has 4 heteroatoms. The zero-order valence-corrected chi connectivity index (χ0v) is 17.6. The highest BCUT2D eigenvalue weighted by molar-refractivity contribution is 5.81. The van der Waals surface area contributed by atoms with E-state index in [-0.39, 0.29) is 5.41 Å². The largest absolute Gasteiger partial charge is 0.497 e. The van der Waals surface area contributed by atoms with Gasteiger partial charge in [-0.15, -0.1) is 0 Å². The molecule has 1 N–H and O–H groups in total. The van der Waals surface area contributed by atoms with Gasteiger partial charge in [-0.2, -0.15) is 0 Å². The zero-order valence-electron chi connectivity index (χ0n) is 17.6. The lowest BCUT2D eigenvalue weighted by molar-refractivity contribution is -0.123. The van der Waals surface area contributed by atoms with Crippen LogP contribution in [0.15, 0.2) is 24.3 Å². The number of carbonyl (C=O) groups is 1. The third-order valence-electron chi connectivity index (χ3n) is 7.42. The van der Waals surface area contributed by atoms with Gasteiger partial charge in [-0.25, -0.2) is 0 Å². The van der Waals surface area contributed by atoms with E-state index in [2.05, 4.69) is 41.4 Å². The smallest absolute Gasteiger partial charge is 0.223 e. The van der Waals surface area contributed by atoms with Crippen LogP contribution >= 0.6 is 0 Å². The molecule has 0 spiro atoms. The molecule has 1 saturated heterocycles. The second-order valence-corrected chi connectivity index (χ2v) is 9.45. The molecule has 0 bridgehead atoms. The first-order valence-corrected chi connectivity index (χ1v) is 11.3. The maximum absolute atomic E-state index is 12.2. The van der Waals surface area contributed by atoms with Crippen molar-refractivity contribution in [2.75, 3.05) is 26.7 Å². The molecule has 2 saturated carbocycles. The van der Waals surface area contributed by atoms with E-state index in [4.69, 9.17) is 4.74 Å². The van der Waals surface area contributed by atoms with E-state index >= 15 is 0 Å². The van der Waals surface area contributed by atoms with Crippen molar-refractivity contribution in [1.29, 1.82) is 0 Å². The number of carbonyl (C=O) groups excluding carboxylic acids is 1. The van der Waals surface area contributed by atoms with Crippen LogP contribution in [0, 0.1) is 11.8 Å². The van der Waals surface area contributed by atoms with Gasteiger partial charge in [0.15, 0.2) is 0 Å². The number of benzene rings is 1. The number of rotatable bonds is 6. The predicted molar refractivity (Wildman–Crippen MR) is 113 cm³/mol. The van der Waals surface area contributed by atoms with Crippen molar-refractivity contribution in [3.63, 3.8) is 0 Å². The molecule has 4 nitrogen and oxygen atoms in total. The Kier molecular flexibility index (Phi) is 5.96. The molecule has 2 aliphatic carbocycles. The number of ether oxygens (including phenoxy) is 1. The lowest BCUT2D eigenvalue weighted by atomic mass is 9.69. The molecule has 1 amide bonds. The third-order valence-corrected chi connectivity index (χ3v) is 7.42. The molecule has 0 unspecified atom stereocenters. The minimum absolute atomic E-state index is 0.282. The maximum atomic E-state index is 12.2. The van der Waals surface area contributed by atoms with Crippen molar-refractivity contribution >= 4 is 5.91 Å². The molecule has 28 heavy (non-hydrogen) atoms. The zero-order chi connectivity index (χ0) is 19.6. The Bertz CT molecular complexity index is 658. The van der Waals surface area contributed by atoms with Crippen molar-refractivity contribution in [2.45, 2.75) is 69.7 Å². The molecule has 0 radical (unpaired) electrons. The standard InChI is InChI=1S/C24H36N2O2/c1-18-16-22(18)23(27)25-20-10-14-26(15-11-20)17-24(12-4-3-5-13-24)19-6-8-21(28-2)9-7-19/h6-9,18,20,22H,3-5,10-17H2,1-2H3,(H,25,27)/t18-,22-/m1/s1. The van der Waals surface area contributed by atoms with E-state index in [1.165, 1.54) is 37.7 Å². The highest BCUT2D eigenvalue weighted by Gasteiger charge is 2.40. The fraction of sp³-hybridized carbons (Fsp3) is 0.708. The summed E-state index contributed by atoms with van der Waals surface area (Å²) in [5, 5.41) is 3.31. The Morgan fingerprint density at radius 1 is 1.14 bits per heavy atom. The summed E-state index contributed by atoms with van der Waals surface area (Å²) in [6.45, 7) is 5.53. The number of piperidine rings is 1. The first-order chi connectivity index (χ1) is 13.6. The Morgan fingerprint density at radius 2 is 1.79 bits per heavy atom. The molecular weight excluding hydrogens is 348 g/mol. The molecule has 1 heterocycles. The predicted octanol–water partition coefficient (Wildman–Crippen LogP) is 4.13. The van der Waals surface area contributed by atoms with Crippen LogP contribution in [0.25, 0.3) is 0 Å². The fourth-order valence-electron chi connectivity index (χ4n) is 5.37. The molecule has 2 atom stereocenters. The molecule has 3 fully saturated rings. The molecule has 154 valence electrons. The number of amides is 1. The topological polar surface area (TPSA) is 41.6 Å². The van der Waals surface area contributed by atoms with Gasteiger partial charge in [-0.1, -0.05) is 38.3 Å². The fourth-order valence-corrected chi connectivity index (χ4v) is 5.37. The van der Waals surface area contributed by atoms with Gasteiger partial charge < -0.3 is 15.0 Å². The van der Waals surface area contributed by atoms with E-state index in [1.807, 2.05) is 0 Å². The van der Waals surface area contributed by atoms with Crippen molar-refractivity contribution < 1.29 is 9.53 Å². The Hall–Kier alpha value is -1.55. The summed E-state index contributed by atoms with van der Waals surface area (Å²) < 4.78 is 5.37. The van der Waals surface area contributed by atoms with Crippen molar-refractivity contribution in [1.82, 2.24) is 10.2 Å². The lowest BCUT2D eigenvalue weighted by Gasteiger charge is -2.44. The number of methoxy groups -OCH3 is 1. The van der Waals surface area contributed by atoms with Gasteiger partial charge >= 0.3 is 0 Å². The Labute approximate surface area is 170 Å². The van der Waals surface area contributed by atoms with Gasteiger partial charge in [0, 0.05) is 37.0 Å². The summed E-state index contributed by atoms with van der Waals surface area (Å²) in [4.78, 5) is 14.9. The van der Waals surface area contributed by atoms with Crippen molar-refractivity contribution in [2.24, 2.45) is 11.8 Å². The second kappa shape index (κ2) is 8.44. The highest BCUT2D eigenvalue weighted by Crippen LogP contribution is 2.41. The van der Waals surface area contributed by atoms with Gasteiger partial charge in [-0.3, -0.25) is 4.79 Å². The summed E-state index contributed by atoms with van der Waals surface area (Å²) in [5.74, 6) is 2.12. The van der Waals surface area contributed by atoms with E-state index in [9.17, 15) is 4.79 Å². The van der Waals surface area contributed by atoms with Gasteiger partial charge in [0.2, 0.25) is 5.91 Å². The van der Waals surface area contributed by atoms with Crippen LogP contribution in [-0.4, -0.2) is 43.6 Å². The minimum Gasteiger partial charge on any atom is -0.497 e. The van der Waals surface area contributed by atoms with E-state index in [0.717, 1.165) is 44.6 Å². The summed E-state index contributed by atoms with van der Waals surface area (Å²) in [7, 11) is 1.73. The minimum atomic E-state index is 0.282. The van der Waals surface area contributed by atoms with Crippen LogP contribution < -0.4 is 10.1 Å². The first-order valence-electron chi connectivity index (χ1n) is 11.3. The maximum Gasteiger partial charge on any atom is 0.223 e. The summed E-state index contributed by atoms with van der Waals surface area (Å²) >= 11 is 0. The molecule has 1 aromatic carbocycles. The van der Waals surface area contributed by atoms with Crippen molar-refractivity contribution in [3.05, 3.63) is 29.8 Å². The third kappa shape index (κ3) is 4.37. The average molecular weight is 385 g/mol. The molecular formula is C24H36N2O2. The van der Waals surface area contributed by atoms with Crippen LogP contribution in [0.1, 0.15) is 63.9 Å². The van der Waals surface area contributed by atoms with Crippen LogP contribution in [0.2, 0.25) is 0 Å². The van der Waals surface area contributed by atoms with Crippen LogP contribution in [0.3, 0.4) is 0 Å². The number of nitrogens with one attached hydrogen (secondary N) is 1. The van der Waals surface area contributed by atoms with E-state index in [0.29, 0.717) is 23.8 Å². The quantitative estimate of drug-likeness (QED) is 0.802. The van der Waals surface area contributed by atoms with Crippen LogP contribution in [0.4, 0.5) is 0 Å². The second-order valence-electron chi connectivity index (χ2n) is 9.45. The molecule has 4 rings (SSSR count). The summed E-state index contributed by atoms with van der Waals surface area (Å²) in [5.41, 5.74) is 1.76. The highest BCUT2D eigenvalue weighted by atomic mass is 16.5. The normalized spacial score (nSPS) is 27.9. The SMILES string of the molecule is COc1ccc(C2(CN3CCC(NC(=O)[C@@H]4C[C@H]4C)CC3)CCCCC2)cc1. The Morgan fingerprint density at radius 3 is 2.36 bits per heavy atom. The van der Waals surface area contributed by atoms with Crippen LogP contribution in [-0.2, 0) is 10.2 Å². The lowest BCUT2D eigenvalue weighted by Crippen LogP contribution is -2.49. The van der Waals surface area contributed by atoms with Gasteiger partial charge in [0.25, 0.3) is 0 Å². The number of hydrogen-bond acceptors (Lipinski definition) is 3. The molecule has 0 aromatic heterocycles. The molecule has 3 aliphatic rings. The average Bonchev–Trinajstić information content (AvgIpc) is 3.47. The first kappa shape index (κ1) is 19.8. The van der Waals surface area contributed by atoms with Gasteiger partial charge in [0.1, 0.15) is 5.75 Å². The summed E-state index contributed by atoms with van der Waals surface area (Å²) in [6.07, 6.45) is 9.86.